The first-order valence-electron chi connectivity index (χ1n) is 7.39. The smallest absolute Gasteiger partial charge is 0.145 e. The first-order chi connectivity index (χ1) is 11.1. The van der Waals surface area contributed by atoms with E-state index < -0.39 is 11.7 Å². The minimum absolute atomic E-state index is 0.582. The average molecular weight is 325 g/mol. The van der Waals surface area contributed by atoms with Crippen LogP contribution >= 0.6 is 11.6 Å². The summed E-state index contributed by atoms with van der Waals surface area (Å²) < 4.78 is 0. The minimum atomic E-state index is -1.56. The molecule has 3 aromatic carbocycles. The molecule has 3 rings (SSSR count). The van der Waals surface area contributed by atoms with Crippen LogP contribution in [-0.2, 0) is 5.60 Å². The van der Waals surface area contributed by atoms with Crippen molar-refractivity contribution in [2.75, 3.05) is 0 Å². The molecule has 0 amide bonds. The van der Waals surface area contributed by atoms with Gasteiger partial charge in [0.15, 0.2) is 0 Å². The van der Waals surface area contributed by atoms with Crippen LogP contribution in [0.3, 0.4) is 0 Å². The number of aliphatic hydroxyl groups excluding tert-OH is 1. The molecule has 0 radical (unpaired) electrons. The second kappa shape index (κ2) is 6.55. The van der Waals surface area contributed by atoms with Gasteiger partial charge in [-0.2, -0.15) is 0 Å². The van der Waals surface area contributed by atoms with Crippen molar-refractivity contribution in [1.29, 1.82) is 0 Å². The normalized spacial score (nSPS) is 14.9. The standard InChI is InChI=1S/C20H17ClO2/c21-18-13-11-17(12-14-18)20(23,16-9-5-2-6-10-16)19(22)15-7-3-1-4-8-15/h1-14,19,22-23H/t19-,20-/m0/s1. The van der Waals surface area contributed by atoms with Crippen LogP contribution in [-0.4, -0.2) is 10.2 Å². The van der Waals surface area contributed by atoms with E-state index in [1.165, 1.54) is 0 Å². The lowest BCUT2D eigenvalue weighted by atomic mass is 9.79. The van der Waals surface area contributed by atoms with E-state index in [4.69, 9.17) is 11.6 Å². The molecule has 0 fully saturated rings. The van der Waals surface area contributed by atoms with Crippen molar-refractivity contribution >= 4 is 11.6 Å². The monoisotopic (exact) mass is 324 g/mol. The molecular formula is C20H17ClO2. The third kappa shape index (κ3) is 3.02. The number of benzene rings is 3. The first-order valence-corrected chi connectivity index (χ1v) is 7.77. The second-order valence-electron chi connectivity index (χ2n) is 5.45. The van der Waals surface area contributed by atoms with E-state index in [0.717, 1.165) is 0 Å². The molecule has 0 heterocycles. The summed E-state index contributed by atoms with van der Waals surface area (Å²) in [5.41, 5.74) is 0.296. The van der Waals surface area contributed by atoms with Crippen molar-refractivity contribution in [3.8, 4) is 0 Å². The molecule has 0 bridgehead atoms. The Hall–Kier alpha value is -2.13. The van der Waals surface area contributed by atoms with Gasteiger partial charge in [-0.15, -0.1) is 0 Å². The maximum absolute atomic E-state index is 11.5. The highest BCUT2D eigenvalue weighted by Crippen LogP contribution is 2.41. The Kier molecular flexibility index (Phi) is 4.49. The highest BCUT2D eigenvalue weighted by molar-refractivity contribution is 6.30. The Morgan fingerprint density at radius 1 is 0.696 bits per heavy atom. The van der Waals surface area contributed by atoms with Gasteiger partial charge in [0.05, 0.1) is 0 Å². The number of hydrogen-bond acceptors (Lipinski definition) is 2. The molecule has 0 unspecified atom stereocenters. The Labute approximate surface area is 140 Å². The molecule has 0 spiro atoms. The van der Waals surface area contributed by atoms with E-state index in [-0.39, 0.29) is 0 Å². The van der Waals surface area contributed by atoms with Crippen LogP contribution in [0.15, 0.2) is 84.9 Å². The molecular weight excluding hydrogens is 308 g/mol. The highest BCUT2D eigenvalue weighted by Gasteiger charge is 2.40. The molecule has 0 aromatic heterocycles. The SMILES string of the molecule is O[C@@H](c1ccccc1)[C@](O)(c1ccccc1)c1ccc(Cl)cc1. The van der Waals surface area contributed by atoms with Gasteiger partial charge in [0.25, 0.3) is 0 Å². The number of halogens is 1. The number of aliphatic hydroxyl groups is 2. The zero-order chi connectivity index (χ0) is 16.3. The van der Waals surface area contributed by atoms with Crippen molar-refractivity contribution in [3.63, 3.8) is 0 Å². The van der Waals surface area contributed by atoms with Gasteiger partial charge < -0.3 is 10.2 Å². The minimum Gasteiger partial charge on any atom is -0.385 e. The summed E-state index contributed by atoms with van der Waals surface area (Å²) in [5.74, 6) is 0. The van der Waals surface area contributed by atoms with E-state index >= 15 is 0 Å². The van der Waals surface area contributed by atoms with Crippen LogP contribution in [0.1, 0.15) is 22.8 Å². The first kappa shape index (κ1) is 15.8. The average Bonchev–Trinajstić information content (AvgIpc) is 2.62. The van der Waals surface area contributed by atoms with E-state index in [2.05, 4.69) is 0 Å². The molecule has 2 N–H and O–H groups in total. The van der Waals surface area contributed by atoms with Crippen molar-refractivity contribution in [3.05, 3.63) is 107 Å². The lowest BCUT2D eigenvalue weighted by Crippen LogP contribution is -2.35. The van der Waals surface area contributed by atoms with Crippen LogP contribution in [0, 0.1) is 0 Å². The molecule has 0 aliphatic carbocycles. The molecule has 0 aliphatic heterocycles. The fourth-order valence-corrected chi connectivity index (χ4v) is 2.88. The quantitative estimate of drug-likeness (QED) is 0.750. The van der Waals surface area contributed by atoms with Gasteiger partial charge in [-0.1, -0.05) is 84.4 Å². The maximum atomic E-state index is 11.5. The molecule has 0 aliphatic rings. The molecule has 3 aromatic rings. The van der Waals surface area contributed by atoms with Gasteiger partial charge in [-0.3, -0.25) is 0 Å². The van der Waals surface area contributed by atoms with Crippen LogP contribution in [0.4, 0.5) is 0 Å². The van der Waals surface area contributed by atoms with Crippen molar-refractivity contribution in [2.24, 2.45) is 0 Å². The zero-order valence-electron chi connectivity index (χ0n) is 12.4. The Morgan fingerprint density at radius 3 is 1.74 bits per heavy atom. The Bertz CT molecular complexity index is 757. The van der Waals surface area contributed by atoms with Gasteiger partial charge in [0.2, 0.25) is 0 Å². The van der Waals surface area contributed by atoms with Gasteiger partial charge in [0.1, 0.15) is 11.7 Å². The topological polar surface area (TPSA) is 40.5 Å². The largest absolute Gasteiger partial charge is 0.385 e. The molecule has 0 saturated heterocycles. The van der Waals surface area contributed by atoms with Crippen LogP contribution in [0.25, 0.3) is 0 Å². The van der Waals surface area contributed by atoms with Gasteiger partial charge in [0, 0.05) is 5.02 Å². The molecule has 3 heteroatoms. The summed E-state index contributed by atoms with van der Waals surface area (Å²) in [4.78, 5) is 0. The molecule has 116 valence electrons. The van der Waals surface area contributed by atoms with Gasteiger partial charge >= 0.3 is 0 Å². The van der Waals surface area contributed by atoms with Gasteiger partial charge in [-0.25, -0.2) is 0 Å². The summed E-state index contributed by atoms with van der Waals surface area (Å²) in [5, 5.41) is 23.0. The highest BCUT2D eigenvalue weighted by atomic mass is 35.5. The van der Waals surface area contributed by atoms with Gasteiger partial charge in [-0.05, 0) is 28.8 Å². The van der Waals surface area contributed by atoms with Crippen LogP contribution < -0.4 is 0 Å². The summed E-state index contributed by atoms with van der Waals surface area (Å²) >= 11 is 5.96. The number of hydrogen-bond donors (Lipinski definition) is 2. The lowest BCUT2D eigenvalue weighted by Gasteiger charge is -2.34. The van der Waals surface area contributed by atoms with Crippen LogP contribution in [0.2, 0.25) is 5.02 Å². The summed E-state index contributed by atoms with van der Waals surface area (Å²) in [7, 11) is 0. The van der Waals surface area contributed by atoms with Crippen molar-refractivity contribution in [2.45, 2.75) is 11.7 Å². The van der Waals surface area contributed by atoms with E-state index in [9.17, 15) is 10.2 Å². The summed E-state index contributed by atoms with van der Waals surface area (Å²) in [6, 6.07) is 25.2. The fourth-order valence-electron chi connectivity index (χ4n) is 2.76. The summed E-state index contributed by atoms with van der Waals surface area (Å²) in [6.45, 7) is 0. The molecule has 0 saturated carbocycles. The third-order valence-corrected chi connectivity index (χ3v) is 4.26. The molecule has 2 nitrogen and oxygen atoms in total. The summed E-state index contributed by atoms with van der Waals surface area (Å²) in [6.07, 6.45) is -1.10. The Morgan fingerprint density at radius 2 is 1.17 bits per heavy atom. The predicted molar refractivity (Wildman–Crippen MR) is 92.3 cm³/mol. The maximum Gasteiger partial charge on any atom is 0.145 e. The van der Waals surface area contributed by atoms with Crippen LogP contribution in [0.5, 0.6) is 0 Å². The number of rotatable bonds is 4. The zero-order valence-corrected chi connectivity index (χ0v) is 13.2. The van der Waals surface area contributed by atoms with Crippen molar-refractivity contribution in [1.82, 2.24) is 0 Å². The fraction of sp³-hybridized carbons (Fsp3) is 0.100. The van der Waals surface area contributed by atoms with Crippen molar-refractivity contribution < 1.29 is 10.2 Å². The van der Waals surface area contributed by atoms with E-state index in [1.807, 2.05) is 36.4 Å². The Balaban J connectivity index is 2.16. The van der Waals surface area contributed by atoms with E-state index in [1.54, 1.807) is 48.5 Å². The predicted octanol–water partition coefficient (Wildman–Crippen LogP) is 4.31. The second-order valence-corrected chi connectivity index (χ2v) is 5.89. The lowest BCUT2D eigenvalue weighted by molar-refractivity contribution is -0.0517. The molecule has 2 atom stereocenters. The van der Waals surface area contributed by atoms with E-state index in [0.29, 0.717) is 21.7 Å². The molecule has 23 heavy (non-hydrogen) atoms. The third-order valence-electron chi connectivity index (χ3n) is 4.01.